The number of carbonyl (C=O) groups excluding carboxylic acids is 2. The third kappa shape index (κ3) is 5.89. The van der Waals surface area contributed by atoms with Gasteiger partial charge in [0, 0.05) is 24.4 Å². The highest BCUT2D eigenvalue weighted by Crippen LogP contribution is 2.24. The maximum absolute atomic E-state index is 13.3. The van der Waals surface area contributed by atoms with Crippen molar-refractivity contribution < 1.29 is 14.0 Å². The fourth-order valence-electron chi connectivity index (χ4n) is 3.92. The molecule has 1 aromatic carbocycles. The number of thiophene rings is 1. The predicted molar refractivity (Wildman–Crippen MR) is 114 cm³/mol. The standard InChI is InChI=1S/C23H29FN2O2S/c1-17-12-13-29-22(17)15-25(14-19-8-10-20(24)11-9-19)23(28)16-26(18(2)27)21-6-4-3-5-7-21/h8-13,21H,3-7,14-16H2,1-2H3. The van der Waals surface area contributed by atoms with Gasteiger partial charge in [0.15, 0.2) is 0 Å². The van der Waals surface area contributed by atoms with Crippen molar-refractivity contribution in [2.45, 2.75) is 65.1 Å². The Kier molecular flexibility index (Phi) is 7.42. The molecule has 0 bridgehead atoms. The second-order valence-electron chi connectivity index (χ2n) is 7.84. The Labute approximate surface area is 176 Å². The first-order valence-electron chi connectivity index (χ1n) is 10.3. The molecule has 6 heteroatoms. The van der Waals surface area contributed by atoms with Gasteiger partial charge in [-0.2, -0.15) is 0 Å². The molecule has 29 heavy (non-hydrogen) atoms. The molecule has 2 aromatic rings. The predicted octanol–water partition coefficient (Wildman–Crippen LogP) is 4.91. The van der Waals surface area contributed by atoms with E-state index in [2.05, 4.69) is 0 Å². The average Bonchev–Trinajstić information content (AvgIpc) is 3.12. The van der Waals surface area contributed by atoms with Crippen LogP contribution in [0.25, 0.3) is 0 Å². The molecule has 1 aliphatic carbocycles. The van der Waals surface area contributed by atoms with Crippen molar-refractivity contribution in [1.29, 1.82) is 0 Å². The van der Waals surface area contributed by atoms with Gasteiger partial charge < -0.3 is 9.80 Å². The first-order chi connectivity index (χ1) is 13.9. The zero-order valence-corrected chi connectivity index (χ0v) is 18.0. The molecule has 0 unspecified atom stereocenters. The van der Waals surface area contributed by atoms with Gasteiger partial charge in [-0.15, -0.1) is 11.3 Å². The molecule has 0 radical (unpaired) electrons. The van der Waals surface area contributed by atoms with Crippen molar-refractivity contribution in [3.05, 3.63) is 57.5 Å². The van der Waals surface area contributed by atoms with Gasteiger partial charge in [-0.3, -0.25) is 9.59 Å². The maximum atomic E-state index is 13.3. The monoisotopic (exact) mass is 416 g/mol. The van der Waals surface area contributed by atoms with Crippen LogP contribution in [-0.4, -0.2) is 34.2 Å². The molecule has 0 saturated heterocycles. The highest BCUT2D eigenvalue weighted by Gasteiger charge is 2.27. The summed E-state index contributed by atoms with van der Waals surface area (Å²) in [5, 5.41) is 2.02. The number of hydrogen-bond acceptors (Lipinski definition) is 3. The first kappa shape index (κ1) is 21.5. The molecule has 1 aliphatic rings. The molecular weight excluding hydrogens is 387 g/mol. The van der Waals surface area contributed by atoms with E-state index < -0.39 is 0 Å². The fraction of sp³-hybridized carbons (Fsp3) is 0.478. The Hall–Kier alpha value is -2.21. The zero-order valence-electron chi connectivity index (χ0n) is 17.2. The van der Waals surface area contributed by atoms with Crippen LogP contribution in [-0.2, 0) is 22.7 Å². The Morgan fingerprint density at radius 1 is 1.07 bits per heavy atom. The van der Waals surface area contributed by atoms with Crippen molar-refractivity contribution in [3.63, 3.8) is 0 Å². The summed E-state index contributed by atoms with van der Waals surface area (Å²) in [7, 11) is 0. The summed E-state index contributed by atoms with van der Waals surface area (Å²) < 4.78 is 13.3. The topological polar surface area (TPSA) is 40.6 Å². The molecular formula is C23H29FN2O2S. The van der Waals surface area contributed by atoms with Gasteiger partial charge in [-0.1, -0.05) is 31.4 Å². The van der Waals surface area contributed by atoms with Crippen LogP contribution in [0.4, 0.5) is 4.39 Å². The molecule has 156 valence electrons. The van der Waals surface area contributed by atoms with Crippen molar-refractivity contribution in [3.8, 4) is 0 Å². The lowest BCUT2D eigenvalue weighted by molar-refractivity contribution is -0.142. The second kappa shape index (κ2) is 10.0. The molecule has 3 rings (SSSR count). The van der Waals surface area contributed by atoms with Crippen LogP contribution in [0.3, 0.4) is 0 Å². The maximum Gasteiger partial charge on any atom is 0.242 e. The molecule has 1 aromatic heterocycles. The van der Waals surface area contributed by atoms with Crippen molar-refractivity contribution >= 4 is 23.2 Å². The van der Waals surface area contributed by atoms with E-state index >= 15 is 0 Å². The molecule has 1 fully saturated rings. The van der Waals surface area contributed by atoms with Gasteiger partial charge in [0.25, 0.3) is 0 Å². The van der Waals surface area contributed by atoms with E-state index in [1.54, 1.807) is 40.2 Å². The van der Waals surface area contributed by atoms with Crippen LogP contribution >= 0.6 is 11.3 Å². The van der Waals surface area contributed by atoms with Gasteiger partial charge in [-0.05, 0) is 54.5 Å². The van der Waals surface area contributed by atoms with Crippen LogP contribution in [0.15, 0.2) is 35.7 Å². The summed E-state index contributed by atoms with van der Waals surface area (Å²) >= 11 is 1.63. The van der Waals surface area contributed by atoms with Gasteiger partial charge in [0.1, 0.15) is 12.4 Å². The molecule has 0 aliphatic heterocycles. The lowest BCUT2D eigenvalue weighted by Gasteiger charge is -2.35. The number of aryl methyl sites for hydroxylation is 1. The smallest absolute Gasteiger partial charge is 0.242 e. The lowest BCUT2D eigenvalue weighted by atomic mass is 9.94. The summed E-state index contributed by atoms with van der Waals surface area (Å²) in [5.41, 5.74) is 2.03. The normalized spacial score (nSPS) is 14.6. The number of benzene rings is 1. The SMILES string of the molecule is CC(=O)N(CC(=O)N(Cc1ccc(F)cc1)Cc1sccc1C)C1CCCCC1. The Morgan fingerprint density at radius 3 is 2.34 bits per heavy atom. The fourth-order valence-corrected chi connectivity index (χ4v) is 4.84. The summed E-state index contributed by atoms with van der Waals surface area (Å²) in [6.07, 6.45) is 5.35. The largest absolute Gasteiger partial charge is 0.332 e. The highest BCUT2D eigenvalue weighted by molar-refractivity contribution is 7.10. The van der Waals surface area contributed by atoms with Crippen LogP contribution in [0.1, 0.15) is 55.0 Å². The van der Waals surface area contributed by atoms with E-state index in [-0.39, 0.29) is 30.2 Å². The number of amides is 2. The minimum absolute atomic E-state index is 0.0423. The number of rotatable bonds is 7. The third-order valence-corrected chi connectivity index (χ3v) is 6.68. The van der Waals surface area contributed by atoms with Gasteiger partial charge in [-0.25, -0.2) is 4.39 Å². The minimum atomic E-state index is -0.291. The van der Waals surface area contributed by atoms with E-state index in [0.717, 1.165) is 41.7 Å². The Balaban J connectivity index is 1.77. The summed E-state index contributed by atoms with van der Waals surface area (Å²) in [6.45, 7) is 4.58. The van der Waals surface area contributed by atoms with Gasteiger partial charge in [0.2, 0.25) is 11.8 Å². The summed E-state index contributed by atoms with van der Waals surface area (Å²) in [4.78, 5) is 30.2. The minimum Gasteiger partial charge on any atom is -0.332 e. The number of nitrogens with zero attached hydrogens (tertiary/aromatic N) is 2. The molecule has 0 atom stereocenters. The molecule has 0 N–H and O–H groups in total. The summed E-state index contributed by atoms with van der Waals surface area (Å²) in [6, 6.07) is 8.45. The van der Waals surface area contributed by atoms with E-state index in [9.17, 15) is 14.0 Å². The van der Waals surface area contributed by atoms with Crippen LogP contribution in [0, 0.1) is 12.7 Å². The molecule has 1 saturated carbocycles. The van der Waals surface area contributed by atoms with Gasteiger partial charge in [0.05, 0.1) is 6.54 Å². The number of halogens is 1. The van der Waals surface area contributed by atoms with E-state index in [4.69, 9.17) is 0 Å². The Bertz CT molecular complexity index is 828. The van der Waals surface area contributed by atoms with Crippen molar-refractivity contribution in [1.82, 2.24) is 9.80 Å². The first-order valence-corrected chi connectivity index (χ1v) is 11.1. The van der Waals surface area contributed by atoms with Crippen LogP contribution < -0.4 is 0 Å². The van der Waals surface area contributed by atoms with E-state index in [1.807, 2.05) is 18.4 Å². The van der Waals surface area contributed by atoms with Crippen LogP contribution in [0.5, 0.6) is 0 Å². The van der Waals surface area contributed by atoms with Crippen molar-refractivity contribution in [2.24, 2.45) is 0 Å². The number of carbonyl (C=O) groups is 2. The quantitative estimate of drug-likeness (QED) is 0.644. The van der Waals surface area contributed by atoms with E-state index in [0.29, 0.717) is 13.1 Å². The second-order valence-corrected chi connectivity index (χ2v) is 8.84. The summed E-state index contributed by atoms with van der Waals surface area (Å²) in [5.74, 6) is -0.400. The number of hydrogen-bond donors (Lipinski definition) is 0. The zero-order chi connectivity index (χ0) is 20.8. The third-order valence-electron chi connectivity index (χ3n) is 5.67. The highest BCUT2D eigenvalue weighted by atomic mass is 32.1. The Morgan fingerprint density at radius 2 is 1.76 bits per heavy atom. The molecule has 1 heterocycles. The molecule has 2 amide bonds. The van der Waals surface area contributed by atoms with E-state index in [1.165, 1.54) is 18.6 Å². The van der Waals surface area contributed by atoms with Gasteiger partial charge >= 0.3 is 0 Å². The molecule has 4 nitrogen and oxygen atoms in total. The van der Waals surface area contributed by atoms with Crippen LogP contribution in [0.2, 0.25) is 0 Å². The molecule has 0 spiro atoms. The lowest BCUT2D eigenvalue weighted by Crippen LogP contribution is -2.47. The average molecular weight is 417 g/mol. The van der Waals surface area contributed by atoms with Crippen molar-refractivity contribution in [2.75, 3.05) is 6.54 Å².